The molecule has 0 unspecified atom stereocenters. The molecule has 0 atom stereocenters. The van der Waals surface area contributed by atoms with Crippen LogP contribution >= 0.6 is 12.2 Å². The van der Waals surface area contributed by atoms with Crippen molar-refractivity contribution in [3.8, 4) is 0 Å². The number of nitrogens with one attached hydrogen (secondary N) is 1. The molecular formula is C15H16FN3S. The van der Waals surface area contributed by atoms with Crippen LogP contribution in [-0.2, 0) is 0 Å². The number of anilines is 3. The van der Waals surface area contributed by atoms with Crippen LogP contribution in [-0.4, -0.2) is 19.1 Å². The predicted molar refractivity (Wildman–Crippen MR) is 86.3 cm³/mol. The van der Waals surface area contributed by atoms with Crippen molar-refractivity contribution in [3.63, 3.8) is 0 Å². The highest BCUT2D eigenvalue weighted by atomic mass is 32.1. The Kier molecular flexibility index (Phi) is 4.20. The quantitative estimate of drug-likeness (QED) is 0.848. The first-order valence-corrected chi connectivity index (χ1v) is 6.52. The lowest BCUT2D eigenvalue weighted by atomic mass is 10.1. The van der Waals surface area contributed by atoms with Gasteiger partial charge in [0.05, 0.1) is 11.3 Å². The first-order chi connectivity index (χ1) is 9.49. The Morgan fingerprint density at radius 3 is 2.55 bits per heavy atom. The summed E-state index contributed by atoms with van der Waals surface area (Å²) in [5, 5.41) is 3.16. The maximum atomic E-state index is 13.8. The molecule has 0 aliphatic carbocycles. The summed E-state index contributed by atoms with van der Waals surface area (Å²) >= 11 is 4.91. The number of nitrogens with zero attached hydrogens (tertiary/aromatic N) is 1. The minimum Gasteiger partial charge on any atom is -0.389 e. The van der Waals surface area contributed by atoms with Crippen molar-refractivity contribution in [1.82, 2.24) is 0 Å². The van der Waals surface area contributed by atoms with Crippen LogP contribution in [0.25, 0.3) is 0 Å². The van der Waals surface area contributed by atoms with Gasteiger partial charge in [-0.2, -0.15) is 0 Å². The fraction of sp³-hybridized carbons (Fsp3) is 0.133. The van der Waals surface area contributed by atoms with Gasteiger partial charge in [0.15, 0.2) is 0 Å². The van der Waals surface area contributed by atoms with E-state index in [2.05, 4.69) is 5.32 Å². The molecule has 3 N–H and O–H groups in total. The Bertz CT molecular complexity index is 641. The van der Waals surface area contributed by atoms with E-state index in [1.165, 1.54) is 6.07 Å². The largest absolute Gasteiger partial charge is 0.389 e. The van der Waals surface area contributed by atoms with E-state index in [1.54, 1.807) is 12.1 Å². The molecule has 3 nitrogen and oxygen atoms in total. The van der Waals surface area contributed by atoms with Crippen LogP contribution in [0.4, 0.5) is 21.5 Å². The first-order valence-electron chi connectivity index (χ1n) is 6.12. The van der Waals surface area contributed by atoms with E-state index < -0.39 is 5.82 Å². The fourth-order valence-electron chi connectivity index (χ4n) is 1.90. The summed E-state index contributed by atoms with van der Waals surface area (Å²) in [5.74, 6) is -0.425. The zero-order valence-corrected chi connectivity index (χ0v) is 12.2. The summed E-state index contributed by atoms with van der Waals surface area (Å²) in [6.45, 7) is 0. The molecule has 2 aromatic carbocycles. The second-order valence-electron chi connectivity index (χ2n) is 4.60. The molecule has 0 spiro atoms. The van der Waals surface area contributed by atoms with Crippen LogP contribution in [0.1, 0.15) is 5.56 Å². The first kappa shape index (κ1) is 14.3. The van der Waals surface area contributed by atoms with Crippen LogP contribution in [0.3, 0.4) is 0 Å². The van der Waals surface area contributed by atoms with Crippen molar-refractivity contribution in [2.45, 2.75) is 0 Å². The van der Waals surface area contributed by atoms with Crippen molar-refractivity contribution < 1.29 is 4.39 Å². The zero-order chi connectivity index (χ0) is 14.7. The summed E-state index contributed by atoms with van der Waals surface area (Å²) in [6.07, 6.45) is 0. The summed E-state index contributed by atoms with van der Waals surface area (Å²) in [4.78, 5) is 2.03. The molecule has 0 heterocycles. The van der Waals surface area contributed by atoms with Crippen LogP contribution in [0.15, 0.2) is 42.5 Å². The molecule has 0 bridgehead atoms. The molecule has 2 aromatic rings. The van der Waals surface area contributed by atoms with E-state index in [9.17, 15) is 4.39 Å². The van der Waals surface area contributed by atoms with Gasteiger partial charge in [-0.25, -0.2) is 4.39 Å². The van der Waals surface area contributed by atoms with Crippen molar-refractivity contribution in [1.29, 1.82) is 0 Å². The molecule has 0 radical (unpaired) electrons. The van der Waals surface area contributed by atoms with Crippen LogP contribution < -0.4 is 16.0 Å². The number of nitrogens with two attached hydrogens (primary N) is 1. The third-order valence-corrected chi connectivity index (χ3v) is 3.11. The van der Waals surface area contributed by atoms with Gasteiger partial charge in [-0.3, -0.25) is 0 Å². The van der Waals surface area contributed by atoms with Crippen molar-refractivity contribution >= 4 is 34.3 Å². The predicted octanol–water partition coefficient (Wildman–Crippen LogP) is 3.27. The molecule has 5 heteroatoms. The Balaban J connectivity index is 2.38. The van der Waals surface area contributed by atoms with Gasteiger partial charge in [0.2, 0.25) is 0 Å². The average molecular weight is 289 g/mol. The van der Waals surface area contributed by atoms with Gasteiger partial charge in [0.25, 0.3) is 0 Å². The van der Waals surface area contributed by atoms with Gasteiger partial charge in [0.1, 0.15) is 10.8 Å². The van der Waals surface area contributed by atoms with Crippen molar-refractivity contribution in [2.75, 3.05) is 24.3 Å². The van der Waals surface area contributed by atoms with E-state index in [0.717, 1.165) is 11.4 Å². The highest BCUT2D eigenvalue weighted by Crippen LogP contribution is 2.25. The average Bonchev–Trinajstić information content (AvgIpc) is 2.38. The standard InChI is InChI=1S/C15H16FN3S/c1-19(2)11-6-3-5-10(9-11)18-13-8-4-7-12(16)14(13)15(17)20/h3-9,18H,1-2H3,(H2,17,20). The Labute approximate surface area is 123 Å². The zero-order valence-electron chi connectivity index (χ0n) is 11.4. The molecule has 0 aromatic heterocycles. The fourth-order valence-corrected chi connectivity index (χ4v) is 2.10. The Morgan fingerprint density at radius 1 is 1.20 bits per heavy atom. The Morgan fingerprint density at radius 2 is 1.90 bits per heavy atom. The van der Waals surface area contributed by atoms with Gasteiger partial charge >= 0.3 is 0 Å². The summed E-state index contributed by atoms with van der Waals surface area (Å²) < 4.78 is 13.8. The summed E-state index contributed by atoms with van der Waals surface area (Å²) in [5.41, 5.74) is 8.28. The van der Waals surface area contributed by atoms with E-state index in [4.69, 9.17) is 18.0 Å². The normalized spacial score (nSPS) is 10.2. The summed E-state index contributed by atoms with van der Waals surface area (Å²) in [6, 6.07) is 12.5. The number of thiocarbonyl (C=S) groups is 1. The molecule has 0 saturated heterocycles. The van der Waals surface area contributed by atoms with Gasteiger partial charge < -0.3 is 16.0 Å². The topological polar surface area (TPSA) is 41.3 Å². The van der Waals surface area contributed by atoms with Gasteiger partial charge in [-0.15, -0.1) is 0 Å². The van der Waals surface area contributed by atoms with Gasteiger partial charge in [0, 0.05) is 25.5 Å². The second-order valence-corrected chi connectivity index (χ2v) is 5.04. The SMILES string of the molecule is CN(C)c1cccc(Nc2cccc(F)c2C(N)=S)c1. The van der Waals surface area contributed by atoms with E-state index in [-0.39, 0.29) is 10.6 Å². The van der Waals surface area contributed by atoms with Gasteiger partial charge in [-0.05, 0) is 30.3 Å². The van der Waals surface area contributed by atoms with E-state index in [0.29, 0.717) is 5.69 Å². The Hall–Kier alpha value is -2.14. The van der Waals surface area contributed by atoms with Crippen LogP contribution in [0.5, 0.6) is 0 Å². The highest BCUT2D eigenvalue weighted by Gasteiger charge is 2.11. The third-order valence-electron chi connectivity index (χ3n) is 2.90. The number of hydrogen-bond donors (Lipinski definition) is 2. The molecule has 0 aliphatic heterocycles. The molecule has 2 rings (SSSR count). The smallest absolute Gasteiger partial charge is 0.135 e. The lowest BCUT2D eigenvalue weighted by Crippen LogP contribution is -2.14. The molecule has 0 fully saturated rings. The van der Waals surface area contributed by atoms with Crippen molar-refractivity contribution in [2.24, 2.45) is 5.73 Å². The minimum atomic E-state index is -0.425. The molecule has 0 amide bonds. The monoisotopic (exact) mass is 289 g/mol. The van der Waals surface area contributed by atoms with Crippen LogP contribution in [0, 0.1) is 5.82 Å². The number of benzene rings is 2. The third kappa shape index (κ3) is 3.05. The molecule has 104 valence electrons. The molecule has 0 saturated carbocycles. The number of hydrogen-bond acceptors (Lipinski definition) is 3. The van der Waals surface area contributed by atoms with E-state index in [1.807, 2.05) is 43.3 Å². The molecule has 0 aliphatic rings. The van der Waals surface area contributed by atoms with Gasteiger partial charge in [-0.1, -0.05) is 24.4 Å². The minimum absolute atomic E-state index is 0.0364. The molecule has 20 heavy (non-hydrogen) atoms. The summed E-state index contributed by atoms with van der Waals surface area (Å²) in [7, 11) is 3.92. The lowest BCUT2D eigenvalue weighted by molar-refractivity contribution is 0.626. The maximum Gasteiger partial charge on any atom is 0.135 e. The molecular weight excluding hydrogens is 273 g/mol. The van der Waals surface area contributed by atoms with Crippen molar-refractivity contribution in [3.05, 3.63) is 53.8 Å². The maximum absolute atomic E-state index is 13.8. The second kappa shape index (κ2) is 5.88. The van der Waals surface area contributed by atoms with Crippen LogP contribution in [0.2, 0.25) is 0 Å². The number of halogens is 1. The number of rotatable bonds is 4. The lowest BCUT2D eigenvalue weighted by Gasteiger charge is -2.16. The van der Waals surface area contributed by atoms with E-state index >= 15 is 0 Å². The highest BCUT2D eigenvalue weighted by molar-refractivity contribution is 7.80.